The molecule has 3 N–H and O–H groups in total. The first-order valence-corrected chi connectivity index (χ1v) is 8.57. The maximum Gasteiger partial charge on any atom is 0.332 e. The highest BCUT2D eigenvalue weighted by atomic mass is 32.1. The normalized spacial score (nSPS) is 11.6. The Morgan fingerprint density at radius 2 is 1.89 bits per heavy atom. The molecule has 0 aromatic carbocycles. The standard InChI is InChI=1S/C15H18N8O4S/c1-5-23-11(25)7(10(24)18-14(23)28)6-16-19-13-17-9-8(20(13)2)12(26)22(4)15(27)21(9)3/h6,25H,5H2,1-4H3,(H,17,19)(H,18,24,28)/b16-6+. The SMILES string of the molecule is CCn1c(O)c(/C=N/Nc2nc3c(c(=O)n(C)c(=O)n3C)n2C)c(=O)[nH]c1=S. The van der Waals surface area contributed by atoms with Gasteiger partial charge < -0.3 is 9.67 Å². The van der Waals surface area contributed by atoms with Gasteiger partial charge in [0.25, 0.3) is 11.1 Å². The lowest BCUT2D eigenvalue weighted by Crippen LogP contribution is -2.37. The zero-order valence-electron chi connectivity index (χ0n) is 15.5. The summed E-state index contributed by atoms with van der Waals surface area (Å²) in [6.07, 6.45) is 1.12. The molecule has 0 bridgehead atoms. The van der Waals surface area contributed by atoms with Crippen LogP contribution in [-0.2, 0) is 27.7 Å². The van der Waals surface area contributed by atoms with E-state index in [1.807, 2.05) is 0 Å². The second kappa shape index (κ2) is 6.92. The molecule has 0 saturated heterocycles. The van der Waals surface area contributed by atoms with Crippen LogP contribution in [0.1, 0.15) is 12.5 Å². The van der Waals surface area contributed by atoms with E-state index in [4.69, 9.17) is 12.2 Å². The zero-order valence-corrected chi connectivity index (χ0v) is 16.4. The quantitative estimate of drug-likeness (QED) is 0.297. The third-order valence-corrected chi connectivity index (χ3v) is 4.68. The first-order valence-electron chi connectivity index (χ1n) is 8.16. The van der Waals surface area contributed by atoms with Crippen molar-refractivity contribution in [3.05, 3.63) is 41.5 Å². The van der Waals surface area contributed by atoms with Gasteiger partial charge in [-0.3, -0.25) is 28.3 Å². The molecule has 0 spiro atoms. The smallest absolute Gasteiger partial charge is 0.332 e. The lowest BCUT2D eigenvalue weighted by molar-refractivity contribution is 0.408. The summed E-state index contributed by atoms with van der Waals surface area (Å²) in [5, 5.41) is 14.1. The van der Waals surface area contributed by atoms with Gasteiger partial charge in [0.2, 0.25) is 11.8 Å². The number of fused-ring (bicyclic) bond motifs is 1. The third-order valence-electron chi connectivity index (χ3n) is 4.36. The number of aromatic amines is 1. The van der Waals surface area contributed by atoms with E-state index in [9.17, 15) is 19.5 Å². The van der Waals surface area contributed by atoms with Crippen LogP contribution >= 0.6 is 12.2 Å². The van der Waals surface area contributed by atoms with Gasteiger partial charge in [-0.25, -0.2) is 10.2 Å². The number of anilines is 1. The van der Waals surface area contributed by atoms with E-state index in [1.165, 1.54) is 27.8 Å². The van der Waals surface area contributed by atoms with Gasteiger partial charge in [-0.15, -0.1) is 0 Å². The molecule has 28 heavy (non-hydrogen) atoms. The summed E-state index contributed by atoms with van der Waals surface area (Å²) < 4.78 is 5.11. The van der Waals surface area contributed by atoms with Gasteiger partial charge in [0.15, 0.2) is 15.9 Å². The van der Waals surface area contributed by atoms with E-state index in [0.717, 1.165) is 10.8 Å². The van der Waals surface area contributed by atoms with Crippen LogP contribution in [0.4, 0.5) is 5.95 Å². The minimum Gasteiger partial charge on any atom is -0.494 e. The Morgan fingerprint density at radius 3 is 2.54 bits per heavy atom. The molecular weight excluding hydrogens is 388 g/mol. The van der Waals surface area contributed by atoms with Crippen molar-refractivity contribution in [2.45, 2.75) is 13.5 Å². The molecule has 3 rings (SSSR count). The maximum absolute atomic E-state index is 12.4. The summed E-state index contributed by atoms with van der Waals surface area (Å²) in [6.45, 7) is 2.12. The molecular formula is C15H18N8O4S. The number of imidazole rings is 1. The molecule has 13 heteroatoms. The van der Waals surface area contributed by atoms with Crippen molar-refractivity contribution in [3.8, 4) is 5.88 Å². The number of aromatic nitrogens is 6. The first kappa shape index (κ1) is 19.3. The van der Waals surface area contributed by atoms with Crippen LogP contribution in [-0.4, -0.2) is 39.6 Å². The topological polar surface area (TPSA) is 144 Å². The molecule has 0 aliphatic carbocycles. The zero-order chi connectivity index (χ0) is 20.7. The van der Waals surface area contributed by atoms with Gasteiger partial charge in [-0.05, 0) is 19.1 Å². The lowest BCUT2D eigenvalue weighted by atomic mass is 10.3. The molecule has 0 unspecified atom stereocenters. The third kappa shape index (κ3) is 2.85. The second-order valence-corrected chi connectivity index (χ2v) is 6.37. The van der Waals surface area contributed by atoms with Gasteiger partial charge in [0, 0.05) is 27.7 Å². The van der Waals surface area contributed by atoms with E-state index in [-0.39, 0.29) is 33.3 Å². The molecule has 148 valence electrons. The summed E-state index contributed by atoms with van der Waals surface area (Å²) in [5.74, 6) is -0.146. The van der Waals surface area contributed by atoms with Crippen molar-refractivity contribution in [2.75, 3.05) is 5.43 Å². The van der Waals surface area contributed by atoms with E-state index < -0.39 is 16.8 Å². The van der Waals surface area contributed by atoms with Gasteiger partial charge in [0.1, 0.15) is 5.56 Å². The van der Waals surface area contributed by atoms with Crippen molar-refractivity contribution in [2.24, 2.45) is 26.2 Å². The van der Waals surface area contributed by atoms with Gasteiger partial charge in [0.05, 0.1) is 6.21 Å². The Balaban J connectivity index is 2.06. The fourth-order valence-corrected chi connectivity index (χ4v) is 3.07. The predicted molar refractivity (Wildman–Crippen MR) is 106 cm³/mol. The molecule has 0 aliphatic heterocycles. The molecule has 3 aromatic rings. The van der Waals surface area contributed by atoms with E-state index >= 15 is 0 Å². The molecule has 0 saturated carbocycles. The monoisotopic (exact) mass is 406 g/mol. The highest BCUT2D eigenvalue weighted by Crippen LogP contribution is 2.14. The van der Waals surface area contributed by atoms with Crippen molar-refractivity contribution < 1.29 is 5.11 Å². The number of hydrogen-bond acceptors (Lipinski definition) is 8. The van der Waals surface area contributed by atoms with Gasteiger partial charge >= 0.3 is 5.69 Å². The number of hydrazone groups is 1. The number of aromatic hydroxyl groups is 1. The number of rotatable bonds is 4. The Hall–Kier alpha value is -3.48. The van der Waals surface area contributed by atoms with Crippen LogP contribution in [0.25, 0.3) is 11.2 Å². The lowest BCUT2D eigenvalue weighted by Gasteiger charge is -2.07. The summed E-state index contributed by atoms with van der Waals surface area (Å²) >= 11 is 4.99. The minimum atomic E-state index is -0.598. The summed E-state index contributed by atoms with van der Waals surface area (Å²) in [5.41, 5.74) is 1.32. The molecule has 0 fully saturated rings. The summed E-state index contributed by atoms with van der Waals surface area (Å²) in [4.78, 5) is 43.1. The Bertz CT molecular complexity index is 1350. The number of nitrogens with zero attached hydrogens (tertiary/aromatic N) is 6. The van der Waals surface area contributed by atoms with E-state index in [2.05, 4.69) is 20.5 Å². The van der Waals surface area contributed by atoms with Crippen molar-refractivity contribution in [3.63, 3.8) is 0 Å². The molecule has 3 heterocycles. The van der Waals surface area contributed by atoms with Crippen molar-refractivity contribution in [1.82, 2.24) is 28.2 Å². The fraction of sp³-hybridized carbons (Fsp3) is 0.333. The van der Waals surface area contributed by atoms with E-state index in [0.29, 0.717) is 6.54 Å². The molecule has 0 amide bonds. The van der Waals surface area contributed by atoms with E-state index in [1.54, 1.807) is 14.0 Å². The molecule has 0 radical (unpaired) electrons. The van der Waals surface area contributed by atoms with Crippen molar-refractivity contribution >= 4 is 35.5 Å². The van der Waals surface area contributed by atoms with Gasteiger partial charge in [-0.2, -0.15) is 10.1 Å². The molecule has 12 nitrogen and oxygen atoms in total. The largest absolute Gasteiger partial charge is 0.494 e. The average molecular weight is 406 g/mol. The second-order valence-electron chi connectivity index (χ2n) is 5.98. The summed E-state index contributed by atoms with van der Waals surface area (Å²) in [6, 6.07) is 0. The molecule has 0 aliphatic rings. The average Bonchev–Trinajstić information content (AvgIpc) is 2.97. The van der Waals surface area contributed by atoms with Crippen molar-refractivity contribution in [1.29, 1.82) is 0 Å². The highest BCUT2D eigenvalue weighted by molar-refractivity contribution is 7.71. The number of H-pyrrole nitrogens is 1. The van der Waals surface area contributed by atoms with Crippen LogP contribution in [0.3, 0.4) is 0 Å². The Labute approximate surface area is 162 Å². The first-order chi connectivity index (χ1) is 13.2. The maximum atomic E-state index is 12.4. The Morgan fingerprint density at radius 1 is 1.21 bits per heavy atom. The number of aryl methyl sites for hydroxylation is 2. The van der Waals surface area contributed by atoms with Crippen LogP contribution in [0.2, 0.25) is 0 Å². The van der Waals surface area contributed by atoms with Crippen LogP contribution < -0.4 is 22.2 Å². The number of hydrogen-bond donors (Lipinski definition) is 3. The van der Waals surface area contributed by atoms with Crippen LogP contribution in [0.15, 0.2) is 19.5 Å². The predicted octanol–water partition coefficient (Wildman–Crippen LogP) is -0.639. The highest BCUT2D eigenvalue weighted by Gasteiger charge is 2.16. The molecule has 0 atom stereocenters. The van der Waals surface area contributed by atoms with Crippen LogP contribution in [0.5, 0.6) is 5.88 Å². The Kier molecular flexibility index (Phi) is 4.77. The van der Waals surface area contributed by atoms with Crippen LogP contribution in [0, 0.1) is 4.77 Å². The number of nitrogens with one attached hydrogen (secondary N) is 2. The summed E-state index contributed by atoms with van der Waals surface area (Å²) in [7, 11) is 4.46. The molecule has 3 aromatic heterocycles. The fourth-order valence-electron chi connectivity index (χ4n) is 2.76. The van der Waals surface area contributed by atoms with Gasteiger partial charge in [-0.1, -0.05) is 0 Å². The minimum absolute atomic E-state index is 0.0926.